The highest BCUT2D eigenvalue weighted by atomic mass is 16.6. The quantitative estimate of drug-likeness (QED) is 0.734. The number of aliphatic hydroxyl groups is 1. The smallest absolute Gasteiger partial charge is 0.331 e. The molecule has 0 radical (unpaired) electrons. The van der Waals surface area contributed by atoms with Gasteiger partial charge in [-0.15, -0.1) is 0 Å². The van der Waals surface area contributed by atoms with Crippen molar-refractivity contribution in [1.29, 1.82) is 0 Å². The summed E-state index contributed by atoms with van der Waals surface area (Å²) in [4.78, 5) is 10.7. The van der Waals surface area contributed by atoms with Crippen molar-refractivity contribution < 1.29 is 19.4 Å². The molecule has 0 aliphatic rings. The molecule has 0 aromatic heterocycles. The molecular weight excluding hydrogens is 196 g/mol. The number of ether oxygens (including phenoxy) is 2. The Balaban J connectivity index is 2.31. The predicted octanol–water partition coefficient (Wildman–Crippen LogP) is 0.910. The van der Waals surface area contributed by atoms with Gasteiger partial charge in [0.25, 0.3) is 0 Å². The molecule has 0 saturated carbocycles. The lowest BCUT2D eigenvalue weighted by Gasteiger charge is -2.10. The predicted molar refractivity (Wildman–Crippen MR) is 54.2 cm³/mol. The van der Waals surface area contributed by atoms with E-state index in [0.29, 0.717) is 0 Å². The zero-order chi connectivity index (χ0) is 11.1. The fourth-order valence-corrected chi connectivity index (χ4v) is 1.08. The van der Waals surface area contributed by atoms with Crippen LogP contribution >= 0.6 is 0 Å². The van der Waals surface area contributed by atoms with E-state index in [4.69, 9.17) is 4.74 Å². The minimum absolute atomic E-state index is 0.0825. The van der Waals surface area contributed by atoms with Crippen molar-refractivity contribution in [3.05, 3.63) is 35.9 Å². The molecule has 1 rings (SSSR count). The van der Waals surface area contributed by atoms with Crippen LogP contribution in [0.1, 0.15) is 11.7 Å². The summed E-state index contributed by atoms with van der Waals surface area (Å²) >= 11 is 0. The summed E-state index contributed by atoms with van der Waals surface area (Å²) in [6.07, 6.45) is -0.712. The molecule has 1 unspecified atom stereocenters. The van der Waals surface area contributed by atoms with Crippen LogP contribution in [0.5, 0.6) is 0 Å². The van der Waals surface area contributed by atoms with E-state index in [1.807, 2.05) is 18.2 Å². The first-order valence-electron chi connectivity index (χ1n) is 4.61. The van der Waals surface area contributed by atoms with E-state index in [-0.39, 0.29) is 13.2 Å². The van der Waals surface area contributed by atoms with Crippen LogP contribution in [0.4, 0.5) is 0 Å². The maximum absolute atomic E-state index is 10.7. The van der Waals surface area contributed by atoms with Crippen LogP contribution in [0.15, 0.2) is 30.3 Å². The maximum Gasteiger partial charge on any atom is 0.331 e. The van der Waals surface area contributed by atoms with E-state index < -0.39 is 12.1 Å². The topological polar surface area (TPSA) is 55.8 Å². The molecule has 1 atom stereocenters. The number of hydrogen-bond donors (Lipinski definition) is 1. The van der Waals surface area contributed by atoms with Crippen LogP contribution in [-0.2, 0) is 14.3 Å². The number of aliphatic hydroxyl groups excluding tert-OH is 1. The molecule has 0 heterocycles. The number of benzene rings is 1. The van der Waals surface area contributed by atoms with Gasteiger partial charge in [0.2, 0.25) is 0 Å². The SMILES string of the molecule is COC(=O)COCC(O)c1ccccc1. The highest BCUT2D eigenvalue weighted by molar-refractivity contribution is 5.70. The molecule has 0 spiro atoms. The van der Waals surface area contributed by atoms with E-state index in [0.717, 1.165) is 5.56 Å². The van der Waals surface area contributed by atoms with Gasteiger partial charge in [-0.2, -0.15) is 0 Å². The highest BCUT2D eigenvalue weighted by Crippen LogP contribution is 2.11. The van der Waals surface area contributed by atoms with Crippen molar-refractivity contribution in [2.75, 3.05) is 20.3 Å². The van der Waals surface area contributed by atoms with Gasteiger partial charge in [-0.1, -0.05) is 30.3 Å². The van der Waals surface area contributed by atoms with E-state index in [9.17, 15) is 9.90 Å². The second-order valence-electron chi connectivity index (χ2n) is 3.02. The third kappa shape index (κ3) is 4.10. The van der Waals surface area contributed by atoms with Crippen LogP contribution < -0.4 is 0 Å². The maximum atomic E-state index is 10.7. The van der Waals surface area contributed by atoms with E-state index >= 15 is 0 Å². The Labute approximate surface area is 88.4 Å². The highest BCUT2D eigenvalue weighted by Gasteiger charge is 2.08. The van der Waals surface area contributed by atoms with Crippen LogP contribution in [0, 0.1) is 0 Å². The van der Waals surface area contributed by atoms with Crippen molar-refractivity contribution in [3.8, 4) is 0 Å². The zero-order valence-electron chi connectivity index (χ0n) is 8.55. The first-order chi connectivity index (χ1) is 7.24. The normalized spacial score (nSPS) is 12.1. The summed E-state index contributed by atoms with van der Waals surface area (Å²) in [5.74, 6) is -0.449. The lowest BCUT2D eigenvalue weighted by molar-refractivity contribution is -0.146. The van der Waals surface area contributed by atoms with Crippen molar-refractivity contribution >= 4 is 5.97 Å². The van der Waals surface area contributed by atoms with Gasteiger partial charge in [0.05, 0.1) is 13.7 Å². The summed E-state index contributed by atoms with van der Waals surface area (Å²) in [5.41, 5.74) is 0.766. The van der Waals surface area contributed by atoms with E-state index in [1.54, 1.807) is 12.1 Å². The van der Waals surface area contributed by atoms with Gasteiger partial charge in [-0.3, -0.25) is 0 Å². The summed E-state index contributed by atoms with van der Waals surface area (Å²) in [7, 11) is 1.29. The Kier molecular flexibility index (Phi) is 4.80. The zero-order valence-corrected chi connectivity index (χ0v) is 8.55. The summed E-state index contributed by atoms with van der Waals surface area (Å²) < 4.78 is 9.37. The first-order valence-corrected chi connectivity index (χ1v) is 4.61. The molecule has 1 aromatic rings. The molecule has 4 heteroatoms. The van der Waals surface area contributed by atoms with Gasteiger partial charge in [-0.25, -0.2) is 4.79 Å². The number of esters is 1. The Morgan fingerprint density at radius 1 is 1.40 bits per heavy atom. The molecule has 0 fully saturated rings. The van der Waals surface area contributed by atoms with Crippen LogP contribution in [-0.4, -0.2) is 31.4 Å². The van der Waals surface area contributed by atoms with Gasteiger partial charge in [0.1, 0.15) is 12.7 Å². The number of carbonyl (C=O) groups excluding carboxylic acids is 1. The molecule has 0 bridgehead atoms. The fraction of sp³-hybridized carbons (Fsp3) is 0.364. The molecule has 0 amide bonds. The molecule has 0 aliphatic carbocycles. The lowest BCUT2D eigenvalue weighted by atomic mass is 10.1. The van der Waals surface area contributed by atoms with Crippen molar-refractivity contribution in [2.24, 2.45) is 0 Å². The first kappa shape index (κ1) is 11.7. The van der Waals surface area contributed by atoms with Crippen molar-refractivity contribution in [3.63, 3.8) is 0 Å². The third-order valence-electron chi connectivity index (χ3n) is 1.91. The van der Waals surface area contributed by atoms with E-state index in [1.165, 1.54) is 7.11 Å². The minimum Gasteiger partial charge on any atom is -0.467 e. The molecule has 1 aromatic carbocycles. The Morgan fingerprint density at radius 3 is 2.67 bits per heavy atom. The lowest BCUT2D eigenvalue weighted by Crippen LogP contribution is -2.14. The molecule has 82 valence electrons. The van der Waals surface area contributed by atoms with Gasteiger partial charge in [0, 0.05) is 0 Å². The number of rotatable bonds is 5. The monoisotopic (exact) mass is 210 g/mol. The third-order valence-corrected chi connectivity index (χ3v) is 1.91. The van der Waals surface area contributed by atoms with Crippen LogP contribution in [0.2, 0.25) is 0 Å². The van der Waals surface area contributed by atoms with Gasteiger partial charge < -0.3 is 14.6 Å². The Bertz CT molecular complexity index is 297. The summed E-state index contributed by atoms with van der Waals surface area (Å²) in [5, 5.41) is 9.63. The molecule has 1 N–H and O–H groups in total. The number of methoxy groups -OCH3 is 1. The second kappa shape index (κ2) is 6.16. The Morgan fingerprint density at radius 2 is 2.07 bits per heavy atom. The minimum atomic E-state index is -0.712. The summed E-state index contributed by atoms with van der Waals surface area (Å²) in [6.45, 7) is -0.0560. The molecule has 15 heavy (non-hydrogen) atoms. The number of hydrogen-bond acceptors (Lipinski definition) is 4. The average Bonchev–Trinajstić information content (AvgIpc) is 2.29. The average molecular weight is 210 g/mol. The van der Waals surface area contributed by atoms with Crippen LogP contribution in [0.25, 0.3) is 0 Å². The van der Waals surface area contributed by atoms with E-state index in [2.05, 4.69) is 4.74 Å². The van der Waals surface area contributed by atoms with Gasteiger partial charge in [0.15, 0.2) is 0 Å². The van der Waals surface area contributed by atoms with Gasteiger partial charge in [-0.05, 0) is 5.56 Å². The second-order valence-corrected chi connectivity index (χ2v) is 3.02. The van der Waals surface area contributed by atoms with Crippen LogP contribution in [0.3, 0.4) is 0 Å². The molecule has 0 aliphatic heterocycles. The van der Waals surface area contributed by atoms with Crippen molar-refractivity contribution in [2.45, 2.75) is 6.10 Å². The standard InChI is InChI=1S/C11H14O4/c1-14-11(13)8-15-7-10(12)9-5-3-2-4-6-9/h2-6,10,12H,7-8H2,1H3. The number of carbonyl (C=O) groups is 1. The molecule has 4 nitrogen and oxygen atoms in total. The van der Waals surface area contributed by atoms with Gasteiger partial charge >= 0.3 is 5.97 Å². The van der Waals surface area contributed by atoms with Crippen molar-refractivity contribution in [1.82, 2.24) is 0 Å². The largest absolute Gasteiger partial charge is 0.467 e. The molecular formula is C11H14O4. The Hall–Kier alpha value is -1.39. The fourth-order valence-electron chi connectivity index (χ4n) is 1.08. The summed E-state index contributed by atoms with van der Waals surface area (Å²) in [6, 6.07) is 9.13. The molecule has 0 saturated heterocycles.